The number of nitrogens with zero attached hydrogens (tertiary/aromatic N) is 2. The van der Waals surface area contributed by atoms with E-state index in [1.807, 2.05) is 0 Å². The molecule has 0 unspecified atom stereocenters. The average Bonchev–Trinajstić information content (AvgIpc) is 2.41. The fraction of sp³-hybridized carbons (Fsp3) is 0.462. The van der Waals surface area contributed by atoms with Crippen molar-refractivity contribution < 1.29 is 19.2 Å². The number of likely N-dealkylation sites (tertiary alicyclic amines) is 1. The lowest BCUT2D eigenvalue weighted by Gasteiger charge is -2.32. The van der Waals surface area contributed by atoms with Gasteiger partial charge in [-0.3, -0.25) is 19.8 Å². The smallest absolute Gasteiger partial charge is 0.320 e. The molecule has 0 aliphatic carbocycles. The predicted molar refractivity (Wildman–Crippen MR) is 68.7 cm³/mol. The lowest BCUT2D eigenvalue weighted by atomic mass is 10.0. The summed E-state index contributed by atoms with van der Waals surface area (Å²) in [6.07, 6.45) is 2.09. The van der Waals surface area contributed by atoms with Crippen LogP contribution < -0.4 is 0 Å². The number of carbonyl (C=O) groups is 1. The number of carboxylic acid groups (broad SMARTS) is 1. The average molecular weight is 282 g/mol. The quantitative estimate of drug-likeness (QED) is 0.676. The topological polar surface area (TPSA) is 83.7 Å². The minimum absolute atomic E-state index is 0.0503. The van der Waals surface area contributed by atoms with Gasteiger partial charge in [0.1, 0.15) is 11.9 Å². The van der Waals surface area contributed by atoms with Crippen LogP contribution in [0.1, 0.15) is 24.8 Å². The summed E-state index contributed by atoms with van der Waals surface area (Å²) in [4.78, 5) is 23.1. The summed E-state index contributed by atoms with van der Waals surface area (Å²) < 4.78 is 13.8. The van der Waals surface area contributed by atoms with Gasteiger partial charge in [0.15, 0.2) is 0 Å². The third-order valence-corrected chi connectivity index (χ3v) is 3.55. The van der Waals surface area contributed by atoms with Crippen molar-refractivity contribution in [2.45, 2.75) is 31.8 Å². The van der Waals surface area contributed by atoms with Crippen LogP contribution in [0.3, 0.4) is 0 Å². The SMILES string of the molecule is O=C(O)[C@H]1CCCCN1Cc1c(F)cccc1[N+](=O)[O-]. The molecule has 7 heteroatoms. The molecule has 6 nitrogen and oxygen atoms in total. The Balaban J connectivity index is 2.28. The lowest BCUT2D eigenvalue weighted by molar-refractivity contribution is -0.386. The molecule has 1 saturated heterocycles. The van der Waals surface area contributed by atoms with Gasteiger partial charge in [0.25, 0.3) is 5.69 Å². The summed E-state index contributed by atoms with van der Waals surface area (Å²) in [5.41, 5.74) is -0.356. The number of benzene rings is 1. The van der Waals surface area contributed by atoms with Gasteiger partial charge in [-0.05, 0) is 25.5 Å². The fourth-order valence-electron chi connectivity index (χ4n) is 2.54. The molecule has 1 atom stereocenters. The first-order chi connectivity index (χ1) is 9.50. The number of halogens is 1. The molecule has 1 heterocycles. The van der Waals surface area contributed by atoms with Crippen molar-refractivity contribution in [2.75, 3.05) is 6.54 Å². The summed E-state index contributed by atoms with van der Waals surface area (Å²) >= 11 is 0. The molecule has 0 saturated carbocycles. The molecular formula is C13H15FN2O4. The van der Waals surface area contributed by atoms with Gasteiger partial charge in [0, 0.05) is 12.6 Å². The van der Waals surface area contributed by atoms with Crippen molar-refractivity contribution in [3.8, 4) is 0 Å². The van der Waals surface area contributed by atoms with Crippen LogP contribution in [0.4, 0.5) is 10.1 Å². The molecular weight excluding hydrogens is 267 g/mol. The van der Waals surface area contributed by atoms with Crippen molar-refractivity contribution in [1.82, 2.24) is 4.90 Å². The second kappa shape index (κ2) is 5.96. The Labute approximate surface area is 115 Å². The third-order valence-electron chi connectivity index (χ3n) is 3.55. The van der Waals surface area contributed by atoms with E-state index >= 15 is 0 Å². The van der Waals surface area contributed by atoms with Crippen LogP contribution in [-0.4, -0.2) is 33.5 Å². The van der Waals surface area contributed by atoms with E-state index in [0.717, 1.165) is 18.9 Å². The van der Waals surface area contributed by atoms with Crippen LogP contribution in [0.25, 0.3) is 0 Å². The van der Waals surface area contributed by atoms with Crippen LogP contribution in [0, 0.1) is 15.9 Å². The molecule has 0 amide bonds. The van der Waals surface area contributed by atoms with Crippen LogP contribution >= 0.6 is 0 Å². The Hall–Kier alpha value is -2.02. The summed E-state index contributed by atoms with van der Waals surface area (Å²) in [5, 5.41) is 20.1. The van der Waals surface area contributed by atoms with E-state index in [4.69, 9.17) is 5.11 Å². The maximum absolute atomic E-state index is 13.8. The molecule has 20 heavy (non-hydrogen) atoms. The summed E-state index contributed by atoms with van der Waals surface area (Å²) in [6.45, 7) is 0.447. The zero-order chi connectivity index (χ0) is 14.7. The zero-order valence-corrected chi connectivity index (χ0v) is 10.8. The number of rotatable bonds is 4. The number of nitro groups is 1. The number of nitro benzene ring substituents is 1. The van der Waals surface area contributed by atoms with Gasteiger partial charge in [-0.25, -0.2) is 4.39 Å². The summed E-state index contributed by atoms with van der Waals surface area (Å²) in [5.74, 6) is -1.64. The normalized spacial score (nSPS) is 19.8. The summed E-state index contributed by atoms with van der Waals surface area (Å²) in [7, 11) is 0. The molecule has 1 aromatic carbocycles. The Morgan fingerprint density at radius 1 is 1.50 bits per heavy atom. The van der Waals surface area contributed by atoms with E-state index in [2.05, 4.69) is 0 Å². The van der Waals surface area contributed by atoms with E-state index in [1.165, 1.54) is 12.1 Å². The van der Waals surface area contributed by atoms with Gasteiger partial charge in [-0.15, -0.1) is 0 Å². The highest BCUT2D eigenvalue weighted by Crippen LogP contribution is 2.26. The minimum Gasteiger partial charge on any atom is -0.480 e. The van der Waals surface area contributed by atoms with Gasteiger partial charge < -0.3 is 5.11 Å². The van der Waals surface area contributed by atoms with Crippen molar-refractivity contribution in [2.24, 2.45) is 0 Å². The number of hydrogen-bond acceptors (Lipinski definition) is 4. The summed E-state index contributed by atoms with van der Waals surface area (Å²) in [6, 6.07) is 2.96. The number of aliphatic carboxylic acids is 1. The van der Waals surface area contributed by atoms with Crippen LogP contribution in [0.15, 0.2) is 18.2 Å². The molecule has 1 fully saturated rings. The van der Waals surface area contributed by atoms with Crippen molar-refractivity contribution in [1.29, 1.82) is 0 Å². The molecule has 2 rings (SSSR count). The van der Waals surface area contributed by atoms with Gasteiger partial charge in [0.2, 0.25) is 0 Å². The molecule has 1 aromatic rings. The first-order valence-corrected chi connectivity index (χ1v) is 6.39. The van der Waals surface area contributed by atoms with E-state index in [9.17, 15) is 19.3 Å². The highest BCUT2D eigenvalue weighted by molar-refractivity contribution is 5.73. The molecule has 0 bridgehead atoms. The predicted octanol–water partition coefficient (Wildman–Crippen LogP) is 2.17. The highest BCUT2D eigenvalue weighted by Gasteiger charge is 2.31. The second-order valence-corrected chi connectivity index (χ2v) is 4.81. The Kier molecular flexibility index (Phi) is 4.29. The Bertz CT molecular complexity index is 535. The first-order valence-electron chi connectivity index (χ1n) is 6.39. The molecule has 1 aliphatic rings. The fourth-order valence-corrected chi connectivity index (χ4v) is 2.54. The molecule has 1 N–H and O–H groups in total. The first kappa shape index (κ1) is 14.4. The van der Waals surface area contributed by atoms with Crippen molar-refractivity contribution >= 4 is 11.7 Å². The van der Waals surface area contributed by atoms with Gasteiger partial charge in [-0.2, -0.15) is 0 Å². The van der Waals surface area contributed by atoms with E-state index < -0.39 is 22.8 Å². The van der Waals surface area contributed by atoms with E-state index in [0.29, 0.717) is 13.0 Å². The number of carboxylic acids is 1. The molecule has 0 radical (unpaired) electrons. The number of piperidine rings is 1. The standard InChI is InChI=1S/C13H15FN2O4/c14-10-4-3-6-11(16(19)20)9(10)8-15-7-2-1-5-12(15)13(17)18/h3-4,6,12H,1-2,5,7-8H2,(H,17,18)/t12-/m1/s1. The highest BCUT2D eigenvalue weighted by atomic mass is 19.1. The molecule has 108 valence electrons. The minimum atomic E-state index is -0.969. The van der Waals surface area contributed by atoms with Crippen LogP contribution in [0.2, 0.25) is 0 Å². The Morgan fingerprint density at radius 3 is 2.90 bits per heavy atom. The van der Waals surface area contributed by atoms with Gasteiger partial charge in [0.05, 0.1) is 10.5 Å². The third kappa shape index (κ3) is 2.93. The van der Waals surface area contributed by atoms with Crippen molar-refractivity contribution in [3.63, 3.8) is 0 Å². The van der Waals surface area contributed by atoms with E-state index in [-0.39, 0.29) is 17.8 Å². The molecule has 0 spiro atoms. The van der Waals surface area contributed by atoms with Gasteiger partial charge >= 0.3 is 5.97 Å². The monoisotopic (exact) mass is 282 g/mol. The maximum Gasteiger partial charge on any atom is 0.320 e. The van der Waals surface area contributed by atoms with Crippen LogP contribution in [0.5, 0.6) is 0 Å². The Morgan fingerprint density at radius 2 is 2.25 bits per heavy atom. The molecule has 1 aliphatic heterocycles. The maximum atomic E-state index is 13.8. The van der Waals surface area contributed by atoms with E-state index in [1.54, 1.807) is 4.90 Å². The largest absolute Gasteiger partial charge is 0.480 e. The van der Waals surface area contributed by atoms with Crippen molar-refractivity contribution in [3.05, 3.63) is 39.7 Å². The van der Waals surface area contributed by atoms with Crippen LogP contribution in [-0.2, 0) is 11.3 Å². The second-order valence-electron chi connectivity index (χ2n) is 4.81. The number of hydrogen-bond donors (Lipinski definition) is 1. The molecule has 0 aromatic heterocycles. The lowest BCUT2D eigenvalue weighted by Crippen LogP contribution is -2.44. The van der Waals surface area contributed by atoms with Gasteiger partial charge in [-0.1, -0.05) is 12.5 Å². The zero-order valence-electron chi connectivity index (χ0n) is 10.8.